The Morgan fingerprint density at radius 1 is 0.935 bits per heavy atom. The molecule has 0 radical (unpaired) electrons. The highest BCUT2D eigenvalue weighted by Gasteiger charge is 2.18. The molecule has 1 N–H and O–H groups in total. The van der Waals surface area contributed by atoms with Crippen LogP contribution in [-0.4, -0.2) is 20.5 Å². The van der Waals surface area contributed by atoms with Crippen molar-refractivity contribution in [3.63, 3.8) is 0 Å². The van der Waals surface area contributed by atoms with Crippen molar-refractivity contribution in [2.24, 2.45) is 5.10 Å². The molecule has 31 heavy (non-hydrogen) atoms. The van der Waals surface area contributed by atoms with Gasteiger partial charge in [0.25, 0.3) is 0 Å². The highest BCUT2D eigenvalue weighted by molar-refractivity contribution is 7.87. The number of nitrogens with one attached hydrogen (secondary N) is 1. The Labute approximate surface area is 182 Å². The van der Waals surface area contributed by atoms with Gasteiger partial charge in [0.1, 0.15) is 4.90 Å². The summed E-state index contributed by atoms with van der Waals surface area (Å²) in [5, 5.41) is 3.93. The molecule has 0 aliphatic heterocycles. The van der Waals surface area contributed by atoms with Gasteiger partial charge in [-0.2, -0.15) is 13.5 Å². The summed E-state index contributed by atoms with van der Waals surface area (Å²) in [5.41, 5.74) is 4.81. The van der Waals surface area contributed by atoms with Crippen LogP contribution in [0.3, 0.4) is 0 Å². The number of hydrazone groups is 1. The van der Waals surface area contributed by atoms with E-state index < -0.39 is 10.1 Å². The van der Waals surface area contributed by atoms with Gasteiger partial charge in [0.15, 0.2) is 5.75 Å². The summed E-state index contributed by atoms with van der Waals surface area (Å²) in [6.45, 7) is 2.07. The van der Waals surface area contributed by atoms with Gasteiger partial charge in [0.2, 0.25) is 5.91 Å². The number of nitrogens with zero attached hydrogens (tertiary/aromatic N) is 1. The minimum absolute atomic E-state index is 0.0789. The lowest BCUT2D eigenvalue weighted by Gasteiger charge is -2.10. The predicted molar refractivity (Wildman–Crippen MR) is 121 cm³/mol. The number of benzene rings is 3. The van der Waals surface area contributed by atoms with Gasteiger partial charge in [0.05, 0.1) is 12.6 Å². The van der Waals surface area contributed by atoms with Crippen molar-refractivity contribution in [3.05, 3.63) is 95.6 Å². The zero-order valence-electron chi connectivity index (χ0n) is 17.2. The minimum atomic E-state index is -4.00. The van der Waals surface area contributed by atoms with Crippen LogP contribution in [0.1, 0.15) is 30.0 Å². The van der Waals surface area contributed by atoms with Crippen molar-refractivity contribution in [1.29, 1.82) is 0 Å². The molecule has 6 nitrogen and oxygen atoms in total. The van der Waals surface area contributed by atoms with Crippen LogP contribution >= 0.6 is 0 Å². The molecular weight excluding hydrogens is 412 g/mol. The molecule has 3 aromatic carbocycles. The molecule has 1 amide bonds. The maximum atomic E-state index is 12.7. The fourth-order valence-electron chi connectivity index (χ4n) is 2.94. The molecule has 0 spiro atoms. The van der Waals surface area contributed by atoms with E-state index in [0.29, 0.717) is 5.56 Å². The van der Waals surface area contributed by atoms with Crippen LogP contribution in [0.2, 0.25) is 0 Å². The van der Waals surface area contributed by atoms with E-state index >= 15 is 0 Å². The molecule has 0 heterocycles. The van der Waals surface area contributed by atoms with Crippen LogP contribution in [0, 0.1) is 0 Å². The first-order valence-electron chi connectivity index (χ1n) is 9.96. The summed E-state index contributed by atoms with van der Waals surface area (Å²) in [6.07, 6.45) is 3.42. The van der Waals surface area contributed by atoms with E-state index in [2.05, 4.69) is 17.5 Å². The maximum Gasteiger partial charge on any atom is 0.339 e. The average Bonchev–Trinajstić information content (AvgIpc) is 2.76. The van der Waals surface area contributed by atoms with Gasteiger partial charge in [-0.15, -0.1) is 0 Å². The molecule has 0 saturated heterocycles. The lowest BCUT2D eigenvalue weighted by molar-refractivity contribution is -0.120. The molecular formula is C24H24N2O4S. The molecule has 0 saturated carbocycles. The van der Waals surface area contributed by atoms with Crippen molar-refractivity contribution < 1.29 is 17.4 Å². The summed E-state index contributed by atoms with van der Waals surface area (Å²) in [4.78, 5) is 12.1. The van der Waals surface area contributed by atoms with Gasteiger partial charge in [0, 0.05) is 5.56 Å². The molecule has 0 aliphatic rings. The van der Waals surface area contributed by atoms with Crippen molar-refractivity contribution in [2.75, 3.05) is 0 Å². The third-order valence-corrected chi connectivity index (χ3v) is 5.72. The molecule has 0 fully saturated rings. The highest BCUT2D eigenvalue weighted by Crippen LogP contribution is 2.22. The number of hydrogen-bond donors (Lipinski definition) is 1. The third-order valence-electron chi connectivity index (χ3n) is 4.47. The normalized spacial score (nSPS) is 11.4. The smallest absolute Gasteiger partial charge is 0.339 e. The van der Waals surface area contributed by atoms with Crippen molar-refractivity contribution >= 4 is 22.2 Å². The Bertz CT molecular complexity index is 1140. The summed E-state index contributed by atoms with van der Waals surface area (Å²) in [6, 6.07) is 22.5. The van der Waals surface area contributed by atoms with Gasteiger partial charge < -0.3 is 4.18 Å². The van der Waals surface area contributed by atoms with Crippen molar-refractivity contribution in [3.8, 4) is 5.75 Å². The van der Waals surface area contributed by atoms with E-state index in [9.17, 15) is 13.2 Å². The molecule has 0 unspecified atom stereocenters. The second kappa shape index (κ2) is 10.5. The number of carbonyl (C=O) groups excluding carboxylic acids is 1. The fraction of sp³-hybridized carbons (Fsp3) is 0.167. The summed E-state index contributed by atoms with van der Waals surface area (Å²) >= 11 is 0. The van der Waals surface area contributed by atoms with Crippen LogP contribution < -0.4 is 9.61 Å². The predicted octanol–water partition coefficient (Wildman–Crippen LogP) is 4.10. The van der Waals surface area contributed by atoms with E-state index in [1.165, 1.54) is 12.3 Å². The quantitative estimate of drug-likeness (QED) is 0.311. The van der Waals surface area contributed by atoms with E-state index in [1.807, 2.05) is 30.3 Å². The Morgan fingerprint density at radius 3 is 2.32 bits per heavy atom. The first-order chi connectivity index (χ1) is 15.0. The maximum absolute atomic E-state index is 12.7. The van der Waals surface area contributed by atoms with Crippen molar-refractivity contribution in [2.45, 2.75) is 31.1 Å². The summed E-state index contributed by atoms with van der Waals surface area (Å²) in [5.74, 6) is -0.151. The van der Waals surface area contributed by atoms with Crippen LogP contribution in [0.5, 0.6) is 5.75 Å². The Hall–Kier alpha value is -3.45. The minimum Gasteiger partial charge on any atom is -0.378 e. The van der Waals surface area contributed by atoms with Crippen LogP contribution in [-0.2, 0) is 27.8 Å². The molecule has 0 aliphatic carbocycles. The topological polar surface area (TPSA) is 84.8 Å². The molecule has 3 aromatic rings. The van der Waals surface area contributed by atoms with Gasteiger partial charge >= 0.3 is 10.1 Å². The largest absolute Gasteiger partial charge is 0.378 e. The van der Waals surface area contributed by atoms with Gasteiger partial charge in [-0.3, -0.25) is 4.79 Å². The molecule has 3 rings (SSSR count). The lowest BCUT2D eigenvalue weighted by atomic mass is 10.1. The third kappa shape index (κ3) is 6.52. The van der Waals surface area contributed by atoms with Crippen LogP contribution in [0.15, 0.2) is 88.9 Å². The Kier molecular flexibility index (Phi) is 7.56. The van der Waals surface area contributed by atoms with E-state index in [4.69, 9.17) is 4.18 Å². The number of para-hydroxylation sites is 1. The lowest BCUT2D eigenvalue weighted by Crippen LogP contribution is -2.19. The van der Waals surface area contributed by atoms with Crippen LogP contribution in [0.25, 0.3) is 0 Å². The Balaban J connectivity index is 1.68. The number of hydrogen-bond acceptors (Lipinski definition) is 5. The number of rotatable bonds is 9. The zero-order valence-corrected chi connectivity index (χ0v) is 18.0. The fourth-order valence-corrected chi connectivity index (χ4v) is 3.89. The first kappa shape index (κ1) is 22.2. The van der Waals surface area contributed by atoms with E-state index in [1.54, 1.807) is 42.5 Å². The first-order valence-corrected chi connectivity index (χ1v) is 11.4. The molecule has 0 atom stereocenters. The standard InChI is InChI=1S/C24H24N2O4S/c1-2-8-19-13-15-22(16-14-19)31(28,29)30-23-12-7-6-11-21(23)18-25-26-24(27)17-20-9-4-3-5-10-20/h3-7,9-16,18H,2,8,17H2,1H3,(H,26,27). The number of amides is 1. The van der Waals surface area contributed by atoms with Gasteiger partial charge in [-0.05, 0) is 41.8 Å². The number of carbonyl (C=O) groups is 1. The second-order valence-electron chi connectivity index (χ2n) is 6.92. The zero-order chi connectivity index (χ0) is 22.1. The average molecular weight is 437 g/mol. The van der Waals surface area contributed by atoms with Gasteiger partial charge in [-0.1, -0.05) is 67.9 Å². The summed E-state index contributed by atoms with van der Waals surface area (Å²) in [7, 11) is -4.00. The van der Waals surface area contributed by atoms with Gasteiger partial charge in [-0.25, -0.2) is 5.43 Å². The summed E-state index contributed by atoms with van der Waals surface area (Å²) < 4.78 is 30.7. The SMILES string of the molecule is CCCc1ccc(S(=O)(=O)Oc2ccccc2C=NNC(=O)Cc2ccccc2)cc1. The number of aryl methyl sites for hydroxylation is 1. The molecule has 0 aromatic heterocycles. The van der Waals surface area contributed by atoms with Crippen molar-refractivity contribution in [1.82, 2.24) is 5.43 Å². The molecule has 7 heteroatoms. The molecule has 160 valence electrons. The van der Waals surface area contributed by atoms with E-state index in [0.717, 1.165) is 24.0 Å². The highest BCUT2D eigenvalue weighted by atomic mass is 32.2. The molecule has 0 bridgehead atoms. The monoisotopic (exact) mass is 436 g/mol. The second-order valence-corrected chi connectivity index (χ2v) is 8.47. The Morgan fingerprint density at radius 2 is 1.61 bits per heavy atom. The van der Waals surface area contributed by atoms with Crippen LogP contribution in [0.4, 0.5) is 0 Å². The van der Waals surface area contributed by atoms with E-state index in [-0.39, 0.29) is 23.0 Å².